The summed E-state index contributed by atoms with van der Waals surface area (Å²) in [6.45, 7) is 9.24. The number of hydrogen-bond acceptors (Lipinski definition) is 0. The summed E-state index contributed by atoms with van der Waals surface area (Å²) >= 11 is 0. The van der Waals surface area contributed by atoms with Gasteiger partial charge in [0.25, 0.3) is 0 Å². The Morgan fingerprint density at radius 1 is 0.889 bits per heavy atom. The van der Waals surface area contributed by atoms with Crippen molar-refractivity contribution in [3.8, 4) is 0 Å². The standard InChI is InChI=1S/C18H32/c1-5-9-12-18-16(10-6-2)14-13-15(8-4)17(18)11-7-3/h9,12-18H,5-8,10-11H2,1-4H3/b12-9-. The van der Waals surface area contributed by atoms with Crippen LogP contribution >= 0.6 is 0 Å². The molecule has 0 spiro atoms. The Labute approximate surface area is 115 Å². The van der Waals surface area contributed by atoms with Crippen LogP contribution in [0.5, 0.6) is 0 Å². The van der Waals surface area contributed by atoms with Gasteiger partial charge in [0.05, 0.1) is 0 Å². The molecule has 0 fully saturated rings. The zero-order chi connectivity index (χ0) is 13.4. The molecule has 0 heterocycles. The molecule has 0 saturated heterocycles. The van der Waals surface area contributed by atoms with E-state index in [4.69, 9.17) is 0 Å². The minimum atomic E-state index is 0.789. The van der Waals surface area contributed by atoms with Crippen LogP contribution < -0.4 is 0 Å². The molecule has 0 bridgehead atoms. The highest BCUT2D eigenvalue weighted by Crippen LogP contribution is 2.41. The van der Waals surface area contributed by atoms with Crippen molar-refractivity contribution in [2.75, 3.05) is 0 Å². The summed E-state index contributed by atoms with van der Waals surface area (Å²) in [5, 5.41) is 0. The number of hydrogen-bond donors (Lipinski definition) is 0. The Balaban J connectivity index is 2.89. The molecule has 18 heavy (non-hydrogen) atoms. The van der Waals surface area contributed by atoms with Gasteiger partial charge in [-0.2, -0.15) is 0 Å². The molecule has 0 aromatic heterocycles. The van der Waals surface area contributed by atoms with Crippen molar-refractivity contribution in [1.82, 2.24) is 0 Å². The van der Waals surface area contributed by atoms with Gasteiger partial charge in [-0.15, -0.1) is 0 Å². The molecule has 0 amide bonds. The number of rotatable bonds is 7. The first-order valence-electron chi connectivity index (χ1n) is 8.13. The fourth-order valence-corrected chi connectivity index (χ4v) is 3.54. The SMILES string of the molecule is CC/C=C\C1C(CCC)C=CC(CC)C1CCC. The predicted octanol–water partition coefficient (Wildman–Crippen LogP) is 6.00. The molecule has 0 heteroatoms. The van der Waals surface area contributed by atoms with E-state index in [-0.39, 0.29) is 0 Å². The molecular weight excluding hydrogens is 216 g/mol. The van der Waals surface area contributed by atoms with E-state index in [0.29, 0.717) is 0 Å². The molecule has 4 atom stereocenters. The van der Waals surface area contributed by atoms with Crippen molar-refractivity contribution in [2.45, 2.75) is 66.2 Å². The van der Waals surface area contributed by atoms with Crippen LogP contribution in [0.25, 0.3) is 0 Å². The molecule has 0 aliphatic heterocycles. The molecule has 1 rings (SSSR count). The Bertz CT molecular complexity index is 261. The summed E-state index contributed by atoms with van der Waals surface area (Å²) in [6.07, 6.45) is 17.8. The molecule has 1 aliphatic carbocycles. The molecule has 104 valence electrons. The van der Waals surface area contributed by atoms with Gasteiger partial charge >= 0.3 is 0 Å². The van der Waals surface area contributed by atoms with Gasteiger partial charge in [0, 0.05) is 0 Å². The van der Waals surface area contributed by atoms with Crippen LogP contribution in [0.4, 0.5) is 0 Å². The third-order valence-corrected chi connectivity index (χ3v) is 4.45. The summed E-state index contributed by atoms with van der Waals surface area (Å²) < 4.78 is 0. The summed E-state index contributed by atoms with van der Waals surface area (Å²) in [5.41, 5.74) is 0. The van der Waals surface area contributed by atoms with Gasteiger partial charge < -0.3 is 0 Å². The average molecular weight is 248 g/mol. The second-order valence-corrected chi connectivity index (χ2v) is 5.78. The van der Waals surface area contributed by atoms with Gasteiger partial charge in [-0.3, -0.25) is 0 Å². The van der Waals surface area contributed by atoms with E-state index >= 15 is 0 Å². The maximum Gasteiger partial charge on any atom is -0.0137 e. The Morgan fingerprint density at radius 3 is 2.11 bits per heavy atom. The van der Waals surface area contributed by atoms with Crippen molar-refractivity contribution in [2.24, 2.45) is 23.7 Å². The first-order chi connectivity index (χ1) is 8.78. The lowest BCUT2D eigenvalue weighted by molar-refractivity contribution is 0.208. The maximum atomic E-state index is 2.53. The van der Waals surface area contributed by atoms with E-state index in [9.17, 15) is 0 Å². The first kappa shape index (κ1) is 15.5. The van der Waals surface area contributed by atoms with Crippen LogP contribution in [0.1, 0.15) is 66.2 Å². The topological polar surface area (TPSA) is 0 Å². The van der Waals surface area contributed by atoms with Crippen LogP contribution in [-0.2, 0) is 0 Å². The van der Waals surface area contributed by atoms with Crippen LogP contribution in [0, 0.1) is 23.7 Å². The normalized spacial score (nSPS) is 32.2. The zero-order valence-corrected chi connectivity index (χ0v) is 12.9. The average Bonchev–Trinajstić information content (AvgIpc) is 2.39. The lowest BCUT2D eigenvalue weighted by atomic mass is 9.67. The smallest absolute Gasteiger partial charge is 0.0137 e. The van der Waals surface area contributed by atoms with Crippen LogP contribution in [-0.4, -0.2) is 0 Å². The quantitative estimate of drug-likeness (QED) is 0.485. The van der Waals surface area contributed by atoms with Crippen molar-refractivity contribution >= 4 is 0 Å². The van der Waals surface area contributed by atoms with Gasteiger partial charge in [-0.05, 0) is 49.4 Å². The Morgan fingerprint density at radius 2 is 1.56 bits per heavy atom. The first-order valence-corrected chi connectivity index (χ1v) is 8.13. The van der Waals surface area contributed by atoms with Crippen LogP contribution in [0.3, 0.4) is 0 Å². The van der Waals surface area contributed by atoms with Crippen LogP contribution in [0.15, 0.2) is 24.3 Å². The molecule has 0 radical (unpaired) electrons. The van der Waals surface area contributed by atoms with E-state index < -0.39 is 0 Å². The van der Waals surface area contributed by atoms with Crippen molar-refractivity contribution in [3.05, 3.63) is 24.3 Å². The zero-order valence-electron chi connectivity index (χ0n) is 12.9. The molecule has 4 unspecified atom stereocenters. The van der Waals surface area contributed by atoms with E-state index in [1.165, 1.54) is 38.5 Å². The van der Waals surface area contributed by atoms with Crippen LogP contribution in [0.2, 0.25) is 0 Å². The second-order valence-electron chi connectivity index (χ2n) is 5.78. The minimum absolute atomic E-state index is 0.789. The van der Waals surface area contributed by atoms with Crippen molar-refractivity contribution < 1.29 is 0 Å². The molecular formula is C18H32. The van der Waals surface area contributed by atoms with E-state index in [0.717, 1.165) is 23.7 Å². The summed E-state index contributed by atoms with van der Waals surface area (Å²) in [7, 11) is 0. The molecule has 0 aromatic rings. The molecule has 0 N–H and O–H groups in total. The van der Waals surface area contributed by atoms with E-state index in [2.05, 4.69) is 52.0 Å². The minimum Gasteiger partial charge on any atom is -0.0885 e. The molecule has 0 aromatic carbocycles. The highest BCUT2D eigenvalue weighted by Gasteiger charge is 2.32. The lowest BCUT2D eigenvalue weighted by Gasteiger charge is -2.38. The number of allylic oxidation sites excluding steroid dienone is 4. The van der Waals surface area contributed by atoms with E-state index in [1.807, 2.05) is 0 Å². The lowest BCUT2D eigenvalue weighted by Crippen LogP contribution is -2.30. The highest BCUT2D eigenvalue weighted by atomic mass is 14.4. The van der Waals surface area contributed by atoms with Crippen molar-refractivity contribution in [1.29, 1.82) is 0 Å². The summed E-state index contributed by atoms with van der Waals surface area (Å²) in [6, 6.07) is 0. The van der Waals surface area contributed by atoms with Crippen molar-refractivity contribution in [3.63, 3.8) is 0 Å². The molecule has 0 nitrogen and oxygen atoms in total. The fourth-order valence-electron chi connectivity index (χ4n) is 3.54. The van der Waals surface area contributed by atoms with E-state index in [1.54, 1.807) is 0 Å². The molecule has 0 saturated carbocycles. The second kappa shape index (κ2) is 8.56. The van der Waals surface area contributed by atoms with Gasteiger partial charge in [0.1, 0.15) is 0 Å². The highest BCUT2D eigenvalue weighted by molar-refractivity contribution is 5.10. The third-order valence-electron chi connectivity index (χ3n) is 4.45. The Kier molecular flexibility index (Phi) is 7.39. The molecule has 1 aliphatic rings. The maximum absolute atomic E-state index is 2.53. The fraction of sp³-hybridized carbons (Fsp3) is 0.778. The Hall–Kier alpha value is -0.520. The summed E-state index contributed by atoms with van der Waals surface area (Å²) in [5.74, 6) is 3.27. The van der Waals surface area contributed by atoms with Gasteiger partial charge in [-0.1, -0.05) is 64.8 Å². The predicted molar refractivity (Wildman–Crippen MR) is 82.6 cm³/mol. The largest absolute Gasteiger partial charge is 0.0885 e. The van der Waals surface area contributed by atoms with Gasteiger partial charge in [0.2, 0.25) is 0 Å². The van der Waals surface area contributed by atoms with Gasteiger partial charge in [-0.25, -0.2) is 0 Å². The third kappa shape index (κ3) is 4.00. The summed E-state index contributed by atoms with van der Waals surface area (Å²) in [4.78, 5) is 0. The monoisotopic (exact) mass is 248 g/mol. The van der Waals surface area contributed by atoms with Gasteiger partial charge in [0.15, 0.2) is 0 Å².